The number of hydrogen-bond acceptors (Lipinski definition) is 3. The number of hydrogen-bond donors (Lipinski definition) is 2. The molecule has 5 heteroatoms. The van der Waals surface area contributed by atoms with Crippen LogP contribution in [0.5, 0.6) is 0 Å². The Morgan fingerprint density at radius 2 is 2.04 bits per heavy atom. The molecule has 0 saturated heterocycles. The zero-order chi connectivity index (χ0) is 17.4. The molecule has 0 aliphatic heterocycles. The van der Waals surface area contributed by atoms with Gasteiger partial charge in [0.25, 0.3) is 5.91 Å². The Morgan fingerprint density at radius 3 is 2.76 bits per heavy atom. The van der Waals surface area contributed by atoms with Crippen molar-refractivity contribution in [1.82, 2.24) is 15.1 Å². The maximum atomic E-state index is 12.7. The predicted molar refractivity (Wildman–Crippen MR) is 96.0 cm³/mol. The summed E-state index contributed by atoms with van der Waals surface area (Å²) in [6.07, 6.45) is 5.53. The van der Waals surface area contributed by atoms with Crippen LogP contribution >= 0.6 is 0 Å². The first-order valence-corrected chi connectivity index (χ1v) is 9.27. The van der Waals surface area contributed by atoms with Crippen molar-refractivity contribution in [1.29, 1.82) is 0 Å². The maximum absolute atomic E-state index is 12.7. The minimum atomic E-state index is -0.281. The molecule has 5 nitrogen and oxygen atoms in total. The first-order chi connectivity index (χ1) is 12.1. The number of carbonyl (C=O) groups is 1. The van der Waals surface area contributed by atoms with E-state index >= 15 is 0 Å². The van der Waals surface area contributed by atoms with Crippen LogP contribution in [0.3, 0.4) is 0 Å². The second-order valence-corrected chi connectivity index (χ2v) is 7.34. The van der Waals surface area contributed by atoms with Crippen molar-refractivity contribution in [3.63, 3.8) is 0 Å². The fourth-order valence-electron chi connectivity index (χ4n) is 4.08. The molecule has 2 aliphatic carbocycles. The molecule has 0 radical (unpaired) electrons. The molecule has 1 heterocycles. The van der Waals surface area contributed by atoms with E-state index < -0.39 is 0 Å². The van der Waals surface area contributed by atoms with E-state index in [0.717, 1.165) is 55.5 Å². The van der Waals surface area contributed by atoms with Crippen LogP contribution in [0.1, 0.15) is 53.0 Å². The first kappa shape index (κ1) is 16.3. The number of aliphatic hydroxyl groups excluding tert-OH is 1. The summed E-state index contributed by atoms with van der Waals surface area (Å²) >= 11 is 0. The van der Waals surface area contributed by atoms with E-state index in [-0.39, 0.29) is 17.9 Å². The Hall–Kier alpha value is -2.14. The van der Waals surface area contributed by atoms with Gasteiger partial charge >= 0.3 is 0 Å². The summed E-state index contributed by atoms with van der Waals surface area (Å²) in [4.78, 5) is 12.7. The van der Waals surface area contributed by atoms with Gasteiger partial charge in [0.2, 0.25) is 0 Å². The Labute approximate surface area is 148 Å². The fourth-order valence-corrected chi connectivity index (χ4v) is 4.08. The third kappa shape index (κ3) is 3.09. The van der Waals surface area contributed by atoms with Gasteiger partial charge in [-0.05, 0) is 51.2 Å². The summed E-state index contributed by atoms with van der Waals surface area (Å²) in [5, 5.41) is 17.6. The molecule has 132 valence electrons. The number of carbonyl (C=O) groups excluding carboxylic acids is 1. The van der Waals surface area contributed by atoms with Crippen molar-refractivity contribution in [3.05, 3.63) is 46.8 Å². The molecule has 1 amide bonds. The molecule has 0 spiro atoms. The Balaban J connectivity index is 1.56. The van der Waals surface area contributed by atoms with Gasteiger partial charge in [0.15, 0.2) is 5.69 Å². The zero-order valence-corrected chi connectivity index (χ0v) is 14.7. The van der Waals surface area contributed by atoms with Crippen molar-refractivity contribution in [2.45, 2.75) is 51.6 Å². The highest BCUT2D eigenvalue weighted by Gasteiger charge is 2.29. The predicted octanol–water partition coefficient (Wildman–Crippen LogP) is 2.56. The number of aliphatic hydroxyl groups is 1. The van der Waals surface area contributed by atoms with Gasteiger partial charge in [-0.15, -0.1) is 0 Å². The monoisotopic (exact) mass is 339 g/mol. The second-order valence-electron chi connectivity index (χ2n) is 7.34. The molecule has 25 heavy (non-hydrogen) atoms. The maximum Gasteiger partial charge on any atom is 0.272 e. The van der Waals surface area contributed by atoms with Crippen LogP contribution in [-0.4, -0.2) is 33.4 Å². The third-order valence-electron chi connectivity index (χ3n) is 5.57. The quantitative estimate of drug-likeness (QED) is 0.900. The van der Waals surface area contributed by atoms with Gasteiger partial charge < -0.3 is 10.4 Å². The number of nitrogens with one attached hydrogen (secondary N) is 1. The highest BCUT2D eigenvalue weighted by Crippen LogP contribution is 2.28. The van der Waals surface area contributed by atoms with Crippen molar-refractivity contribution in [2.75, 3.05) is 6.54 Å². The Morgan fingerprint density at radius 1 is 1.24 bits per heavy atom. The van der Waals surface area contributed by atoms with E-state index in [2.05, 4.69) is 41.6 Å². The van der Waals surface area contributed by atoms with Crippen LogP contribution in [0.25, 0.3) is 5.69 Å². The molecule has 1 aromatic carbocycles. The van der Waals surface area contributed by atoms with Gasteiger partial charge in [0.1, 0.15) is 0 Å². The topological polar surface area (TPSA) is 67.2 Å². The molecule has 4 rings (SSSR count). The van der Waals surface area contributed by atoms with Gasteiger partial charge in [-0.25, -0.2) is 4.68 Å². The summed E-state index contributed by atoms with van der Waals surface area (Å²) in [6.45, 7) is 2.60. The Bertz CT molecular complexity index is 779. The van der Waals surface area contributed by atoms with Crippen LogP contribution in [-0.2, 0) is 12.8 Å². The smallest absolute Gasteiger partial charge is 0.272 e. The van der Waals surface area contributed by atoms with Gasteiger partial charge in [0.05, 0.1) is 11.8 Å². The lowest BCUT2D eigenvalue weighted by molar-refractivity contribution is 0.0910. The molecule has 2 unspecified atom stereocenters. The van der Waals surface area contributed by atoms with Crippen LogP contribution in [0, 0.1) is 12.8 Å². The number of aromatic nitrogens is 2. The average Bonchev–Trinajstić information content (AvgIpc) is 3.30. The van der Waals surface area contributed by atoms with E-state index in [1.807, 2.05) is 4.68 Å². The van der Waals surface area contributed by atoms with Crippen molar-refractivity contribution in [3.8, 4) is 5.69 Å². The molecule has 2 aromatic rings. The first-order valence-electron chi connectivity index (χ1n) is 9.27. The highest BCUT2D eigenvalue weighted by molar-refractivity contribution is 5.94. The number of fused-ring (bicyclic) bond motifs is 1. The Kier molecular flexibility index (Phi) is 4.34. The molecule has 2 atom stereocenters. The third-order valence-corrected chi connectivity index (χ3v) is 5.57. The molecular weight excluding hydrogens is 314 g/mol. The van der Waals surface area contributed by atoms with Crippen LogP contribution in [0.15, 0.2) is 24.3 Å². The van der Waals surface area contributed by atoms with Crippen LogP contribution in [0.4, 0.5) is 0 Å². The van der Waals surface area contributed by atoms with Gasteiger partial charge in [-0.1, -0.05) is 24.1 Å². The lowest BCUT2D eigenvalue weighted by Crippen LogP contribution is -2.33. The minimum absolute atomic E-state index is 0.108. The van der Waals surface area contributed by atoms with Crippen molar-refractivity contribution in [2.24, 2.45) is 5.92 Å². The number of rotatable bonds is 4. The van der Waals surface area contributed by atoms with Crippen molar-refractivity contribution < 1.29 is 9.90 Å². The zero-order valence-electron chi connectivity index (χ0n) is 14.7. The summed E-state index contributed by atoms with van der Waals surface area (Å²) in [5.74, 6) is 0.0688. The van der Waals surface area contributed by atoms with Crippen molar-refractivity contribution >= 4 is 5.91 Å². The highest BCUT2D eigenvalue weighted by atomic mass is 16.3. The molecule has 2 aliphatic rings. The molecule has 0 bridgehead atoms. The lowest BCUT2D eigenvalue weighted by Gasteiger charge is -2.14. The largest absolute Gasteiger partial charge is 0.393 e. The fraction of sp³-hybridized carbons (Fsp3) is 0.500. The summed E-state index contributed by atoms with van der Waals surface area (Å²) in [6, 6.07) is 8.24. The number of nitrogens with zero attached hydrogens (tertiary/aromatic N) is 2. The molecule has 1 aromatic heterocycles. The summed E-state index contributed by atoms with van der Waals surface area (Å²) in [5.41, 5.74) is 5.02. The molecule has 1 fully saturated rings. The van der Waals surface area contributed by atoms with E-state index in [9.17, 15) is 9.90 Å². The standard InChI is InChI=1S/C20H25N3O2/c1-13-8-10-15(11-9-13)23-17-6-3-5-16(17)19(22-23)20(25)21-12-14-4-2-7-18(14)24/h8-11,14,18,24H,2-7,12H2,1H3,(H,21,25). The number of benzene rings is 1. The minimum Gasteiger partial charge on any atom is -0.393 e. The van der Waals surface area contributed by atoms with Crippen LogP contribution in [0.2, 0.25) is 0 Å². The number of aryl methyl sites for hydroxylation is 1. The van der Waals surface area contributed by atoms with E-state index in [1.165, 1.54) is 5.56 Å². The molecule has 2 N–H and O–H groups in total. The second kappa shape index (κ2) is 6.64. The van der Waals surface area contributed by atoms with E-state index in [0.29, 0.717) is 12.2 Å². The SMILES string of the molecule is Cc1ccc(-n2nc(C(=O)NCC3CCCC3O)c3c2CCC3)cc1. The average molecular weight is 339 g/mol. The van der Waals surface area contributed by atoms with Gasteiger partial charge in [-0.2, -0.15) is 5.10 Å². The molecular formula is C20H25N3O2. The summed E-state index contributed by atoms with van der Waals surface area (Å²) < 4.78 is 1.93. The van der Waals surface area contributed by atoms with E-state index in [4.69, 9.17) is 0 Å². The normalized spacial score (nSPS) is 22.2. The lowest BCUT2D eigenvalue weighted by atomic mass is 10.1. The van der Waals surface area contributed by atoms with E-state index in [1.54, 1.807) is 0 Å². The number of amides is 1. The molecule has 1 saturated carbocycles. The van der Waals surface area contributed by atoms with Crippen LogP contribution < -0.4 is 5.32 Å². The van der Waals surface area contributed by atoms with Gasteiger partial charge in [0, 0.05) is 23.7 Å². The summed E-state index contributed by atoms with van der Waals surface area (Å²) in [7, 11) is 0. The van der Waals surface area contributed by atoms with Gasteiger partial charge in [-0.3, -0.25) is 4.79 Å².